The first-order chi connectivity index (χ1) is 12.2. The molecule has 0 spiro atoms. The number of benzene rings is 1. The number of aliphatic hydroxyl groups is 1. The van der Waals surface area contributed by atoms with Crippen LogP contribution in [0.4, 0.5) is 10.5 Å². The summed E-state index contributed by atoms with van der Waals surface area (Å²) in [6, 6.07) is 8.64. The van der Waals surface area contributed by atoms with Crippen molar-refractivity contribution in [3.8, 4) is 0 Å². The van der Waals surface area contributed by atoms with Crippen LogP contribution >= 0.6 is 0 Å². The minimum atomic E-state index is -0.0132. The molecule has 1 aliphatic heterocycles. The zero-order valence-corrected chi connectivity index (χ0v) is 15.0. The van der Waals surface area contributed by atoms with Gasteiger partial charge < -0.3 is 20.2 Å². The summed E-state index contributed by atoms with van der Waals surface area (Å²) < 4.78 is 0. The molecule has 2 amide bonds. The molecule has 1 aliphatic carbocycles. The van der Waals surface area contributed by atoms with Crippen LogP contribution in [-0.2, 0) is 6.54 Å². The minimum absolute atomic E-state index is 0.0132. The van der Waals surface area contributed by atoms with Gasteiger partial charge in [0.15, 0.2) is 0 Å². The third-order valence-corrected chi connectivity index (χ3v) is 5.48. The standard InChI is InChI=1S/C20H29N3O2/c1-22(18-9-7-16(15-24)8-10-18)20(25)21-14-17-5-4-6-19(13-17)23-11-2-3-12-23/h2-6,13,16,18,24H,7-12,14-15H2,1H3,(H,21,25). The summed E-state index contributed by atoms with van der Waals surface area (Å²) in [6.07, 6.45) is 8.32. The van der Waals surface area contributed by atoms with Gasteiger partial charge in [-0.2, -0.15) is 0 Å². The van der Waals surface area contributed by atoms with E-state index in [1.807, 2.05) is 11.9 Å². The van der Waals surface area contributed by atoms with Crippen LogP contribution in [0.5, 0.6) is 0 Å². The number of hydrogen-bond acceptors (Lipinski definition) is 3. The molecule has 2 N–H and O–H groups in total. The molecular formula is C20H29N3O2. The average Bonchev–Trinajstić information content (AvgIpc) is 3.20. The van der Waals surface area contributed by atoms with Crippen LogP contribution in [0.2, 0.25) is 0 Å². The van der Waals surface area contributed by atoms with E-state index in [0.29, 0.717) is 12.5 Å². The summed E-state index contributed by atoms with van der Waals surface area (Å²) >= 11 is 0. The highest BCUT2D eigenvalue weighted by Crippen LogP contribution is 2.26. The molecule has 1 saturated carbocycles. The topological polar surface area (TPSA) is 55.8 Å². The highest BCUT2D eigenvalue weighted by molar-refractivity contribution is 5.74. The van der Waals surface area contributed by atoms with Crippen LogP contribution in [0.15, 0.2) is 36.4 Å². The zero-order chi connectivity index (χ0) is 17.6. The number of nitrogens with one attached hydrogen (secondary N) is 1. The number of nitrogens with zero attached hydrogens (tertiary/aromatic N) is 2. The van der Waals surface area contributed by atoms with Crippen LogP contribution in [-0.4, -0.2) is 48.8 Å². The van der Waals surface area contributed by atoms with Crippen molar-refractivity contribution in [3.05, 3.63) is 42.0 Å². The van der Waals surface area contributed by atoms with Gasteiger partial charge in [-0.3, -0.25) is 0 Å². The summed E-state index contributed by atoms with van der Waals surface area (Å²) in [6.45, 7) is 2.72. The van der Waals surface area contributed by atoms with Crippen molar-refractivity contribution in [2.45, 2.75) is 38.3 Å². The summed E-state index contributed by atoms with van der Waals surface area (Å²) in [5.74, 6) is 0.413. The number of amides is 2. The van der Waals surface area contributed by atoms with Gasteiger partial charge >= 0.3 is 6.03 Å². The van der Waals surface area contributed by atoms with E-state index >= 15 is 0 Å². The van der Waals surface area contributed by atoms with Crippen LogP contribution in [0, 0.1) is 5.92 Å². The Hall–Kier alpha value is -2.01. The Labute approximate surface area is 150 Å². The molecule has 0 atom stereocenters. The number of aliphatic hydroxyl groups excluding tert-OH is 1. The summed E-state index contributed by atoms with van der Waals surface area (Å²) in [7, 11) is 1.88. The first kappa shape index (κ1) is 17.8. The van der Waals surface area contributed by atoms with E-state index in [-0.39, 0.29) is 18.7 Å². The second-order valence-corrected chi connectivity index (χ2v) is 7.17. The second-order valence-electron chi connectivity index (χ2n) is 7.17. The van der Waals surface area contributed by atoms with Gasteiger partial charge in [-0.15, -0.1) is 0 Å². The molecule has 0 aromatic heterocycles. The molecule has 1 aromatic carbocycles. The maximum atomic E-state index is 12.5. The van der Waals surface area contributed by atoms with E-state index in [4.69, 9.17) is 0 Å². The third-order valence-electron chi connectivity index (χ3n) is 5.48. The van der Waals surface area contributed by atoms with Gasteiger partial charge in [0.1, 0.15) is 0 Å². The van der Waals surface area contributed by atoms with Gasteiger partial charge in [0.05, 0.1) is 0 Å². The van der Waals surface area contributed by atoms with E-state index in [1.165, 1.54) is 5.69 Å². The molecule has 0 radical (unpaired) electrons. The number of anilines is 1. The minimum Gasteiger partial charge on any atom is -0.396 e. The highest BCUT2D eigenvalue weighted by Gasteiger charge is 2.26. The molecule has 0 bridgehead atoms. The molecule has 136 valence electrons. The quantitative estimate of drug-likeness (QED) is 0.808. The monoisotopic (exact) mass is 343 g/mol. The predicted octanol–water partition coefficient (Wildman–Crippen LogP) is 2.76. The van der Waals surface area contributed by atoms with Gasteiger partial charge in [0, 0.05) is 45.0 Å². The van der Waals surface area contributed by atoms with Crippen LogP contribution in [0.1, 0.15) is 31.2 Å². The van der Waals surface area contributed by atoms with Crippen LogP contribution in [0.3, 0.4) is 0 Å². The Morgan fingerprint density at radius 2 is 1.96 bits per heavy atom. The Kier molecular flexibility index (Phi) is 5.97. The number of hydrogen-bond donors (Lipinski definition) is 2. The van der Waals surface area contributed by atoms with E-state index in [2.05, 4.69) is 46.6 Å². The molecule has 1 heterocycles. The van der Waals surface area contributed by atoms with Crippen molar-refractivity contribution in [1.82, 2.24) is 10.2 Å². The van der Waals surface area contributed by atoms with Crippen molar-refractivity contribution in [1.29, 1.82) is 0 Å². The van der Waals surface area contributed by atoms with Crippen molar-refractivity contribution >= 4 is 11.7 Å². The van der Waals surface area contributed by atoms with E-state index in [0.717, 1.165) is 44.3 Å². The summed E-state index contributed by atoms with van der Waals surface area (Å²) in [5.41, 5.74) is 2.32. The van der Waals surface area contributed by atoms with E-state index in [1.54, 1.807) is 0 Å². The second kappa shape index (κ2) is 8.39. The van der Waals surface area contributed by atoms with Crippen molar-refractivity contribution in [3.63, 3.8) is 0 Å². The largest absolute Gasteiger partial charge is 0.396 e. The molecule has 5 heteroatoms. The SMILES string of the molecule is CN(C(=O)NCc1cccc(N2CC=CC2)c1)C1CCC(CO)CC1. The fraction of sp³-hybridized carbons (Fsp3) is 0.550. The van der Waals surface area contributed by atoms with Gasteiger partial charge in [-0.25, -0.2) is 4.79 Å². The molecule has 1 aromatic rings. The summed E-state index contributed by atoms with van der Waals surface area (Å²) in [5, 5.41) is 12.3. The predicted molar refractivity (Wildman–Crippen MR) is 101 cm³/mol. The molecule has 1 fully saturated rings. The molecule has 3 rings (SSSR count). The Morgan fingerprint density at radius 1 is 1.24 bits per heavy atom. The lowest BCUT2D eigenvalue weighted by Crippen LogP contribution is -2.45. The fourth-order valence-corrected chi connectivity index (χ4v) is 3.73. The lowest BCUT2D eigenvalue weighted by molar-refractivity contribution is 0.134. The number of rotatable bonds is 5. The molecule has 0 saturated heterocycles. The Balaban J connectivity index is 1.49. The molecule has 25 heavy (non-hydrogen) atoms. The van der Waals surface area contributed by atoms with Gasteiger partial charge in [-0.1, -0.05) is 24.3 Å². The van der Waals surface area contributed by atoms with Crippen molar-refractivity contribution in [2.75, 3.05) is 31.6 Å². The highest BCUT2D eigenvalue weighted by atomic mass is 16.3. The number of carbonyl (C=O) groups is 1. The molecular weight excluding hydrogens is 314 g/mol. The van der Waals surface area contributed by atoms with Crippen LogP contribution in [0.25, 0.3) is 0 Å². The molecule has 2 aliphatic rings. The first-order valence-electron chi connectivity index (χ1n) is 9.27. The fourth-order valence-electron chi connectivity index (χ4n) is 3.73. The third kappa shape index (κ3) is 4.54. The Morgan fingerprint density at radius 3 is 2.64 bits per heavy atom. The van der Waals surface area contributed by atoms with E-state index < -0.39 is 0 Å². The number of carbonyl (C=O) groups excluding carboxylic acids is 1. The average molecular weight is 343 g/mol. The Bertz CT molecular complexity index is 601. The maximum absolute atomic E-state index is 12.5. The van der Waals surface area contributed by atoms with Gasteiger partial charge in [-0.05, 0) is 49.3 Å². The first-order valence-corrected chi connectivity index (χ1v) is 9.27. The zero-order valence-electron chi connectivity index (χ0n) is 15.0. The molecule has 5 nitrogen and oxygen atoms in total. The normalized spacial score (nSPS) is 22.9. The van der Waals surface area contributed by atoms with Gasteiger partial charge in [0.25, 0.3) is 0 Å². The maximum Gasteiger partial charge on any atom is 0.317 e. The van der Waals surface area contributed by atoms with Gasteiger partial charge in [0.2, 0.25) is 0 Å². The van der Waals surface area contributed by atoms with E-state index in [9.17, 15) is 9.90 Å². The smallest absolute Gasteiger partial charge is 0.317 e. The molecule has 0 unspecified atom stereocenters. The van der Waals surface area contributed by atoms with Crippen LogP contribution < -0.4 is 10.2 Å². The van der Waals surface area contributed by atoms with Crippen molar-refractivity contribution in [2.24, 2.45) is 5.92 Å². The number of urea groups is 1. The summed E-state index contributed by atoms with van der Waals surface area (Å²) in [4.78, 5) is 16.6. The lowest BCUT2D eigenvalue weighted by atomic mass is 9.86. The van der Waals surface area contributed by atoms with Crippen molar-refractivity contribution < 1.29 is 9.90 Å². The lowest BCUT2D eigenvalue weighted by Gasteiger charge is -2.34.